The van der Waals surface area contributed by atoms with Gasteiger partial charge in [0.1, 0.15) is 17.3 Å². The van der Waals surface area contributed by atoms with E-state index in [1.807, 2.05) is 30.5 Å². The molecule has 2 N–H and O–H groups in total. The van der Waals surface area contributed by atoms with Crippen molar-refractivity contribution in [3.05, 3.63) is 22.4 Å². The first-order valence-corrected chi connectivity index (χ1v) is 6.83. The number of fused-ring (bicyclic) bond motifs is 1. The Morgan fingerprint density at radius 1 is 1.42 bits per heavy atom. The van der Waals surface area contributed by atoms with E-state index in [2.05, 4.69) is 20.9 Å². The maximum Gasteiger partial charge on any atom is 0.231 e. The summed E-state index contributed by atoms with van der Waals surface area (Å²) >= 11 is 3.48. The number of anilines is 1. The number of nitrogens with two attached hydrogens (primary N) is 1. The largest absolute Gasteiger partial charge is 0.454 e. The quantitative estimate of drug-likeness (QED) is 0.922. The van der Waals surface area contributed by atoms with Crippen LogP contribution in [0.4, 0.5) is 5.82 Å². The van der Waals surface area contributed by atoms with Crippen LogP contribution < -0.4 is 15.2 Å². The molecule has 2 aromatic rings. The maximum atomic E-state index is 6.16. The number of aromatic nitrogens is 2. The highest BCUT2D eigenvalue weighted by molar-refractivity contribution is 9.10. The molecular weight excluding hydrogens is 310 g/mol. The number of rotatable bonds is 2. The summed E-state index contributed by atoms with van der Waals surface area (Å²) in [6, 6.07) is 3.86. The summed E-state index contributed by atoms with van der Waals surface area (Å²) in [6.07, 6.45) is 0. The first-order valence-electron chi connectivity index (χ1n) is 6.04. The summed E-state index contributed by atoms with van der Waals surface area (Å²) in [5.74, 6) is 3.02. The average Bonchev–Trinajstić information content (AvgIpc) is 2.94. The molecule has 100 valence electrons. The zero-order valence-electron chi connectivity index (χ0n) is 10.7. The van der Waals surface area contributed by atoms with E-state index in [4.69, 9.17) is 15.2 Å². The lowest BCUT2D eigenvalue weighted by atomic mass is 10.1. The Hall–Kier alpha value is -1.69. The Morgan fingerprint density at radius 2 is 2.21 bits per heavy atom. The van der Waals surface area contributed by atoms with Crippen LogP contribution in [0.5, 0.6) is 11.5 Å². The molecule has 2 heterocycles. The molecule has 1 aromatic carbocycles. The lowest BCUT2D eigenvalue weighted by molar-refractivity contribution is 0.173. The van der Waals surface area contributed by atoms with Gasteiger partial charge in [-0.15, -0.1) is 0 Å². The van der Waals surface area contributed by atoms with Gasteiger partial charge in [0.2, 0.25) is 6.79 Å². The predicted octanol–water partition coefficient (Wildman–Crippen LogP) is 2.95. The van der Waals surface area contributed by atoms with Crippen LogP contribution in [0.1, 0.15) is 12.7 Å². The molecule has 0 saturated heterocycles. The normalized spacial score (nSPS) is 13.0. The first kappa shape index (κ1) is 12.3. The van der Waals surface area contributed by atoms with Gasteiger partial charge < -0.3 is 19.8 Å². The Bertz CT molecular complexity index is 652. The van der Waals surface area contributed by atoms with Gasteiger partial charge in [-0.2, -0.15) is 0 Å². The molecule has 0 aliphatic carbocycles. The molecule has 6 heteroatoms. The average molecular weight is 324 g/mol. The third-order valence-electron chi connectivity index (χ3n) is 3.21. The third-order valence-corrected chi connectivity index (χ3v) is 3.80. The van der Waals surface area contributed by atoms with Gasteiger partial charge in [-0.25, -0.2) is 4.98 Å². The Morgan fingerprint density at radius 3 is 2.89 bits per heavy atom. The smallest absolute Gasteiger partial charge is 0.231 e. The second kappa shape index (κ2) is 4.45. The van der Waals surface area contributed by atoms with E-state index in [0.29, 0.717) is 11.6 Å². The van der Waals surface area contributed by atoms with Crippen LogP contribution in [-0.2, 0) is 6.54 Å². The fourth-order valence-electron chi connectivity index (χ4n) is 2.30. The fraction of sp³-hybridized carbons (Fsp3) is 0.308. The van der Waals surface area contributed by atoms with Crippen molar-refractivity contribution < 1.29 is 9.47 Å². The minimum atomic E-state index is 0.245. The minimum Gasteiger partial charge on any atom is -0.454 e. The second-order valence-electron chi connectivity index (χ2n) is 4.33. The number of hydrogen-bond acceptors (Lipinski definition) is 4. The molecule has 0 unspecified atom stereocenters. The number of nitrogens with zero attached hydrogens (tertiary/aromatic N) is 2. The SMILES string of the molecule is CCn1c(C)nc(-c2cc(Br)c3c(c2)OCO3)c1N. The molecule has 5 nitrogen and oxygen atoms in total. The van der Waals surface area contributed by atoms with Gasteiger partial charge in [-0.1, -0.05) is 0 Å². The van der Waals surface area contributed by atoms with Gasteiger partial charge in [0.05, 0.1) is 4.47 Å². The summed E-state index contributed by atoms with van der Waals surface area (Å²) < 4.78 is 13.6. The molecule has 1 aromatic heterocycles. The first-order chi connectivity index (χ1) is 9.11. The second-order valence-corrected chi connectivity index (χ2v) is 5.18. The summed E-state index contributed by atoms with van der Waals surface area (Å²) in [4.78, 5) is 4.54. The number of aryl methyl sites for hydroxylation is 1. The molecule has 0 saturated carbocycles. The van der Waals surface area contributed by atoms with E-state index in [1.54, 1.807) is 0 Å². The van der Waals surface area contributed by atoms with Gasteiger partial charge >= 0.3 is 0 Å². The van der Waals surface area contributed by atoms with Crippen LogP contribution in [0.15, 0.2) is 16.6 Å². The molecule has 0 fully saturated rings. The van der Waals surface area contributed by atoms with Crippen LogP contribution in [-0.4, -0.2) is 16.3 Å². The summed E-state index contributed by atoms with van der Waals surface area (Å²) in [5, 5.41) is 0. The van der Waals surface area contributed by atoms with Crippen molar-refractivity contribution in [2.45, 2.75) is 20.4 Å². The minimum absolute atomic E-state index is 0.245. The molecule has 0 atom stereocenters. The van der Waals surface area contributed by atoms with Crippen molar-refractivity contribution in [1.82, 2.24) is 9.55 Å². The number of imidazole rings is 1. The number of nitrogen functional groups attached to an aromatic ring is 1. The molecular formula is C13H14BrN3O2. The van der Waals surface area contributed by atoms with E-state index in [1.165, 1.54) is 0 Å². The Kier molecular flexibility index (Phi) is 2.89. The standard InChI is InChI=1S/C13H14BrN3O2/c1-3-17-7(2)16-11(13(17)15)8-4-9(14)12-10(5-8)18-6-19-12/h4-5H,3,6,15H2,1-2H3. The Labute approximate surface area is 119 Å². The van der Waals surface area contributed by atoms with Gasteiger partial charge in [-0.3, -0.25) is 0 Å². The van der Waals surface area contributed by atoms with E-state index in [-0.39, 0.29) is 6.79 Å². The molecule has 3 rings (SSSR count). The summed E-state index contributed by atoms with van der Waals surface area (Å²) in [5.41, 5.74) is 7.85. The highest BCUT2D eigenvalue weighted by Gasteiger charge is 2.21. The van der Waals surface area contributed by atoms with E-state index >= 15 is 0 Å². The van der Waals surface area contributed by atoms with Crippen LogP contribution in [0.3, 0.4) is 0 Å². The third kappa shape index (κ3) is 1.87. The van der Waals surface area contributed by atoms with Crippen molar-refractivity contribution >= 4 is 21.7 Å². The van der Waals surface area contributed by atoms with Crippen LogP contribution >= 0.6 is 15.9 Å². The highest BCUT2D eigenvalue weighted by Crippen LogP contribution is 2.43. The molecule has 19 heavy (non-hydrogen) atoms. The molecule has 1 aliphatic heterocycles. The zero-order chi connectivity index (χ0) is 13.6. The molecule has 0 bridgehead atoms. The van der Waals surface area contributed by atoms with Crippen LogP contribution in [0.2, 0.25) is 0 Å². The van der Waals surface area contributed by atoms with Crippen molar-refractivity contribution in [3.63, 3.8) is 0 Å². The number of benzene rings is 1. The number of ether oxygens (including phenoxy) is 2. The Balaban J connectivity index is 2.15. The van der Waals surface area contributed by atoms with Gasteiger partial charge in [0.15, 0.2) is 11.5 Å². The van der Waals surface area contributed by atoms with Crippen molar-refractivity contribution in [3.8, 4) is 22.8 Å². The predicted molar refractivity (Wildman–Crippen MR) is 76.3 cm³/mol. The lowest BCUT2D eigenvalue weighted by Gasteiger charge is -2.05. The monoisotopic (exact) mass is 323 g/mol. The van der Waals surface area contributed by atoms with Gasteiger partial charge in [0, 0.05) is 12.1 Å². The van der Waals surface area contributed by atoms with E-state index < -0.39 is 0 Å². The van der Waals surface area contributed by atoms with Gasteiger partial charge in [0.25, 0.3) is 0 Å². The summed E-state index contributed by atoms with van der Waals surface area (Å²) in [7, 11) is 0. The van der Waals surface area contributed by atoms with Gasteiger partial charge in [-0.05, 0) is 41.9 Å². The van der Waals surface area contributed by atoms with Crippen LogP contribution in [0.25, 0.3) is 11.3 Å². The van der Waals surface area contributed by atoms with Crippen LogP contribution in [0, 0.1) is 6.92 Å². The fourth-order valence-corrected chi connectivity index (χ4v) is 2.85. The van der Waals surface area contributed by atoms with E-state index in [0.717, 1.165) is 33.8 Å². The summed E-state index contributed by atoms with van der Waals surface area (Å²) in [6.45, 7) is 5.04. The number of hydrogen-bond donors (Lipinski definition) is 1. The maximum absolute atomic E-state index is 6.16. The molecule has 0 amide bonds. The number of halogens is 1. The zero-order valence-corrected chi connectivity index (χ0v) is 12.3. The van der Waals surface area contributed by atoms with Crippen molar-refractivity contribution in [2.75, 3.05) is 12.5 Å². The molecule has 0 spiro atoms. The lowest BCUT2D eigenvalue weighted by Crippen LogP contribution is -2.02. The van der Waals surface area contributed by atoms with Crippen molar-refractivity contribution in [1.29, 1.82) is 0 Å². The topological polar surface area (TPSA) is 62.3 Å². The molecule has 0 radical (unpaired) electrons. The molecule has 1 aliphatic rings. The van der Waals surface area contributed by atoms with E-state index in [9.17, 15) is 0 Å². The highest BCUT2D eigenvalue weighted by atomic mass is 79.9. The van der Waals surface area contributed by atoms with Crippen molar-refractivity contribution in [2.24, 2.45) is 0 Å².